The van der Waals surface area contributed by atoms with Gasteiger partial charge in [-0.15, -0.1) is 0 Å². The number of amides is 1. The van der Waals surface area contributed by atoms with E-state index in [0.29, 0.717) is 13.1 Å². The molecule has 0 saturated heterocycles. The van der Waals surface area contributed by atoms with E-state index in [1.54, 1.807) is 4.90 Å². The molecule has 0 fully saturated rings. The molecule has 7 heteroatoms. The molecule has 0 saturated carbocycles. The second kappa shape index (κ2) is 5.40. The Kier molecular flexibility index (Phi) is 3.66. The first kappa shape index (κ1) is 15.6. The van der Waals surface area contributed by atoms with Gasteiger partial charge in [0.15, 0.2) is 0 Å². The highest BCUT2D eigenvalue weighted by Gasteiger charge is 2.34. The normalized spacial score (nSPS) is 18.0. The second-order valence-electron chi connectivity index (χ2n) is 5.63. The summed E-state index contributed by atoms with van der Waals surface area (Å²) in [6.45, 7) is 4.53. The number of pyridine rings is 1. The minimum Gasteiger partial charge on any atom is -0.348 e. The lowest BCUT2D eigenvalue weighted by Gasteiger charge is -2.35. The van der Waals surface area contributed by atoms with Crippen molar-refractivity contribution in [3.05, 3.63) is 53.1 Å². The van der Waals surface area contributed by atoms with Crippen molar-refractivity contribution in [2.24, 2.45) is 0 Å². The first-order chi connectivity index (χ1) is 10.8. The van der Waals surface area contributed by atoms with Crippen molar-refractivity contribution in [1.29, 1.82) is 0 Å². The summed E-state index contributed by atoms with van der Waals surface area (Å²) in [5.74, 6) is -0.288. The Bertz CT molecular complexity index is 751. The quantitative estimate of drug-likeness (QED) is 0.806. The first-order valence-electron chi connectivity index (χ1n) is 7.30. The number of aryl methyl sites for hydroxylation is 1. The largest absolute Gasteiger partial charge is 0.433 e. The van der Waals surface area contributed by atoms with Gasteiger partial charge in [0.25, 0.3) is 5.91 Å². The van der Waals surface area contributed by atoms with Crippen LogP contribution in [0.4, 0.5) is 13.2 Å². The van der Waals surface area contributed by atoms with Gasteiger partial charge < -0.3 is 9.47 Å². The van der Waals surface area contributed by atoms with E-state index in [-0.39, 0.29) is 23.2 Å². The standard InChI is InChI=1S/C16H16F3N3O/c1-10-12(5-6-14(20-10)16(17,18)19)15(23)22-9-8-21-7-3-4-13(21)11(22)2/h3-7,11H,8-9H2,1-2H3/t11-/m0/s1. The number of hydrogen-bond donors (Lipinski definition) is 0. The highest BCUT2D eigenvalue weighted by molar-refractivity contribution is 5.95. The van der Waals surface area contributed by atoms with Gasteiger partial charge >= 0.3 is 6.18 Å². The number of carbonyl (C=O) groups excluding carboxylic acids is 1. The van der Waals surface area contributed by atoms with Gasteiger partial charge in [-0.3, -0.25) is 4.79 Å². The van der Waals surface area contributed by atoms with Gasteiger partial charge in [0.05, 0.1) is 17.3 Å². The zero-order chi connectivity index (χ0) is 16.8. The number of alkyl halides is 3. The van der Waals surface area contributed by atoms with Crippen molar-refractivity contribution >= 4 is 5.91 Å². The molecule has 1 aliphatic rings. The molecule has 122 valence electrons. The van der Waals surface area contributed by atoms with Gasteiger partial charge in [-0.2, -0.15) is 13.2 Å². The maximum Gasteiger partial charge on any atom is 0.433 e. The number of rotatable bonds is 1. The van der Waals surface area contributed by atoms with Crippen LogP contribution in [0.15, 0.2) is 30.5 Å². The minimum atomic E-state index is -4.51. The molecule has 0 aliphatic carbocycles. The van der Waals surface area contributed by atoms with Crippen molar-refractivity contribution in [3.63, 3.8) is 0 Å². The number of halogens is 3. The molecule has 2 aromatic rings. The van der Waals surface area contributed by atoms with Crippen LogP contribution in [0.2, 0.25) is 0 Å². The third-order valence-corrected chi connectivity index (χ3v) is 4.21. The fourth-order valence-electron chi connectivity index (χ4n) is 2.96. The lowest BCUT2D eigenvalue weighted by molar-refractivity contribution is -0.141. The maximum absolute atomic E-state index is 12.7. The number of hydrogen-bond acceptors (Lipinski definition) is 2. The van der Waals surface area contributed by atoms with E-state index >= 15 is 0 Å². The molecular formula is C16H16F3N3O. The van der Waals surface area contributed by atoms with E-state index in [4.69, 9.17) is 0 Å². The average molecular weight is 323 g/mol. The Morgan fingerprint density at radius 2 is 2.00 bits per heavy atom. The first-order valence-corrected chi connectivity index (χ1v) is 7.30. The van der Waals surface area contributed by atoms with Crippen LogP contribution in [0, 0.1) is 6.92 Å². The van der Waals surface area contributed by atoms with E-state index in [0.717, 1.165) is 11.8 Å². The summed E-state index contributed by atoms with van der Waals surface area (Å²) in [4.78, 5) is 17.9. The van der Waals surface area contributed by atoms with Crippen LogP contribution in [0.1, 0.15) is 40.4 Å². The van der Waals surface area contributed by atoms with Crippen molar-refractivity contribution in [3.8, 4) is 0 Å². The Morgan fingerprint density at radius 3 is 2.65 bits per heavy atom. The van der Waals surface area contributed by atoms with Gasteiger partial charge in [0.1, 0.15) is 5.69 Å². The highest BCUT2D eigenvalue weighted by Crippen LogP contribution is 2.30. The Balaban J connectivity index is 1.90. The van der Waals surface area contributed by atoms with Crippen LogP contribution in [-0.2, 0) is 12.7 Å². The molecule has 0 aromatic carbocycles. The highest BCUT2D eigenvalue weighted by atomic mass is 19.4. The lowest BCUT2D eigenvalue weighted by Crippen LogP contribution is -2.41. The molecule has 4 nitrogen and oxygen atoms in total. The van der Waals surface area contributed by atoms with Crippen molar-refractivity contribution in [2.45, 2.75) is 32.6 Å². The van der Waals surface area contributed by atoms with Crippen LogP contribution in [-0.4, -0.2) is 26.9 Å². The molecule has 0 unspecified atom stereocenters. The molecule has 3 heterocycles. The number of nitrogens with zero attached hydrogens (tertiary/aromatic N) is 3. The second-order valence-corrected chi connectivity index (χ2v) is 5.63. The Hall–Kier alpha value is -2.31. The zero-order valence-corrected chi connectivity index (χ0v) is 12.8. The summed E-state index contributed by atoms with van der Waals surface area (Å²) >= 11 is 0. The third-order valence-electron chi connectivity index (χ3n) is 4.21. The zero-order valence-electron chi connectivity index (χ0n) is 12.8. The lowest BCUT2D eigenvalue weighted by atomic mass is 10.1. The maximum atomic E-state index is 12.7. The van der Waals surface area contributed by atoms with E-state index in [2.05, 4.69) is 9.55 Å². The summed E-state index contributed by atoms with van der Waals surface area (Å²) in [7, 11) is 0. The van der Waals surface area contributed by atoms with E-state index in [9.17, 15) is 18.0 Å². The SMILES string of the molecule is Cc1nc(C(F)(F)F)ccc1C(=O)N1CCn2cccc2[C@@H]1C. The molecule has 0 bridgehead atoms. The summed E-state index contributed by atoms with van der Waals surface area (Å²) < 4.78 is 40.1. The van der Waals surface area contributed by atoms with Gasteiger partial charge in [-0.25, -0.2) is 4.98 Å². The van der Waals surface area contributed by atoms with Crippen LogP contribution in [0.5, 0.6) is 0 Å². The number of aromatic nitrogens is 2. The fraction of sp³-hybridized carbons (Fsp3) is 0.375. The molecular weight excluding hydrogens is 307 g/mol. The predicted octanol–water partition coefficient (Wildman–Crippen LogP) is 3.43. The third kappa shape index (κ3) is 2.71. The smallest absolute Gasteiger partial charge is 0.348 e. The summed E-state index contributed by atoms with van der Waals surface area (Å²) in [5, 5.41) is 0. The summed E-state index contributed by atoms with van der Waals surface area (Å²) in [6.07, 6.45) is -2.55. The molecule has 0 radical (unpaired) electrons. The van der Waals surface area contributed by atoms with Crippen LogP contribution in [0.3, 0.4) is 0 Å². The van der Waals surface area contributed by atoms with Crippen LogP contribution < -0.4 is 0 Å². The van der Waals surface area contributed by atoms with Gasteiger partial charge in [0.2, 0.25) is 0 Å². The van der Waals surface area contributed by atoms with Gasteiger partial charge in [0, 0.05) is 25.0 Å². The number of fused-ring (bicyclic) bond motifs is 1. The Labute approximate surface area is 131 Å². The van der Waals surface area contributed by atoms with E-state index < -0.39 is 11.9 Å². The van der Waals surface area contributed by atoms with Crippen molar-refractivity contribution in [1.82, 2.24) is 14.5 Å². The summed E-state index contributed by atoms with van der Waals surface area (Å²) in [5.41, 5.74) is 0.345. The van der Waals surface area contributed by atoms with E-state index in [1.807, 2.05) is 25.3 Å². The molecule has 1 aliphatic heterocycles. The topological polar surface area (TPSA) is 38.1 Å². The molecule has 1 atom stereocenters. The molecule has 0 spiro atoms. The molecule has 2 aromatic heterocycles. The molecule has 0 N–H and O–H groups in total. The Morgan fingerprint density at radius 1 is 1.26 bits per heavy atom. The monoisotopic (exact) mass is 323 g/mol. The molecule has 23 heavy (non-hydrogen) atoms. The van der Waals surface area contributed by atoms with Crippen molar-refractivity contribution in [2.75, 3.05) is 6.54 Å². The van der Waals surface area contributed by atoms with Crippen LogP contribution >= 0.6 is 0 Å². The number of carbonyl (C=O) groups is 1. The molecule has 3 rings (SSSR count). The average Bonchev–Trinajstić information content (AvgIpc) is 2.95. The fourth-order valence-corrected chi connectivity index (χ4v) is 2.96. The predicted molar refractivity (Wildman–Crippen MR) is 77.9 cm³/mol. The van der Waals surface area contributed by atoms with E-state index in [1.165, 1.54) is 13.0 Å². The van der Waals surface area contributed by atoms with Gasteiger partial charge in [-0.05, 0) is 38.1 Å². The summed E-state index contributed by atoms with van der Waals surface area (Å²) in [6, 6.07) is 5.81. The minimum absolute atomic E-state index is 0.0954. The van der Waals surface area contributed by atoms with Crippen molar-refractivity contribution < 1.29 is 18.0 Å². The molecule has 1 amide bonds. The van der Waals surface area contributed by atoms with Gasteiger partial charge in [-0.1, -0.05) is 0 Å². The van der Waals surface area contributed by atoms with Crippen LogP contribution in [0.25, 0.3) is 0 Å².